The molecule has 2 heteroatoms. The van der Waals surface area contributed by atoms with E-state index in [1.165, 1.54) is 0 Å². The van der Waals surface area contributed by atoms with E-state index in [1.54, 1.807) is 0 Å². The van der Waals surface area contributed by atoms with E-state index in [2.05, 4.69) is 0 Å². The molecule has 0 unspecified atom stereocenters. The Morgan fingerprint density at radius 3 is 1.64 bits per heavy atom. The van der Waals surface area contributed by atoms with Gasteiger partial charge in [0.05, 0.1) is 5.54 Å². The summed E-state index contributed by atoms with van der Waals surface area (Å²) in [5, 5.41) is 0. The molecule has 0 heterocycles. The van der Waals surface area contributed by atoms with Crippen molar-refractivity contribution in [2.45, 2.75) is 25.3 Å². The highest BCUT2D eigenvalue weighted by atomic mass is 16.1. The van der Waals surface area contributed by atoms with Crippen LogP contribution in [0.4, 0.5) is 0 Å². The van der Waals surface area contributed by atoms with Crippen LogP contribution in [0.1, 0.15) is 27.0 Å². The molecule has 0 aromatic heterocycles. The lowest BCUT2D eigenvalue weighted by atomic mass is 9.79. The zero-order valence-electron chi connectivity index (χ0n) is 14.5. The van der Waals surface area contributed by atoms with E-state index >= 15 is 0 Å². The first-order valence-corrected chi connectivity index (χ1v) is 8.55. The summed E-state index contributed by atoms with van der Waals surface area (Å²) in [4.78, 5) is 13.3. The molecule has 0 fully saturated rings. The molecule has 0 atom stereocenters. The fraction of sp³-hybridized carbons (Fsp3) is 0.174. The van der Waals surface area contributed by atoms with Crippen molar-refractivity contribution in [3.05, 3.63) is 107 Å². The van der Waals surface area contributed by atoms with Gasteiger partial charge in [0.1, 0.15) is 0 Å². The van der Waals surface area contributed by atoms with Gasteiger partial charge in [-0.3, -0.25) is 4.79 Å². The second-order valence-electron chi connectivity index (χ2n) is 6.68. The molecule has 3 aromatic carbocycles. The smallest absolute Gasteiger partial charge is 0.183 e. The third kappa shape index (κ3) is 4.23. The number of aryl methyl sites for hydroxylation is 1. The van der Waals surface area contributed by atoms with Gasteiger partial charge in [-0.2, -0.15) is 0 Å². The van der Waals surface area contributed by atoms with Crippen LogP contribution in [-0.4, -0.2) is 11.3 Å². The minimum Gasteiger partial charge on any atom is -0.318 e. The average Bonchev–Trinajstić information content (AvgIpc) is 2.63. The summed E-state index contributed by atoms with van der Waals surface area (Å²) in [6.07, 6.45) is 1.02. The highest BCUT2D eigenvalue weighted by molar-refractivity contribution is 6.03. The molecule has 2 nitrogen and oxygen atoms in total. The molecular weight excluding hydrogens is 306 g/mol. The Kier molecular flexibility index (Phi) is 5.11. The summed E-state index contributed by atoms with van der Waals surface area (Å²) in [6, 6.07) is 27.6. The zero-order chi connectivity index (χ0) is 17.7. The standard InChI is InChI=1S/C23H23NO/c1-18-12-14-21(15-13-18)22(25)23(24,16-19-8-4-2-5-9-19)17-20-10-6-3-7-11-20/h2-15H,16-17,24H2,1H3. The van der Waals surface area contributed by atoms with Crippen LogP contribution in [-0.2, 0) is 12.8 Å². The van der Waals surface area contributed by atoms with Crippen molar-refractivity contribution in [3.63, 3.8) is 0 Å². The lowest BCUT2D eigenvalue weighted by molar-refractivity contribution is 0.0886. The fourth-order valence-corrected chi connectivity index (χ4v) is 3.14. The number of benzene rings is 3. The van der Waals surface area contributed by atoms with Gasteiger partial charge in [0.2, 0.25) is 0 Å². The Labute approximate surface area is 149 Å². The van der Waals surface area contributed by atoms with E-state index in [4.69, 9.17) is 5.73 Å². The van der Waals surface area contributed by atoms with Gasteiger partial charge in [0.15, 0.2) is 5.78 Å². The van der Waals surface area contributed by atoms with Crippen LogP contribution in [0.25, 0.3) is 0 Å². The molecule has 0 spiro atoms. The molecule has 2 N–H and O–H groups in total. The third-order valence-electron chi connectivity index (χ3n) is 4.49. The normalized spacial score (nSPS) is 11.3. The van der Waals surface area contributed by atoms with Crippen LogP contribution in [0.15, 0.2) is 84.9 Å². The first kappa shape index (κ1) is 17.1. The molecule has 25 heavy (non-hydrogen) atoms. The molecule has 126 valence electrons. The maximum absolute atomic E-state index is 13.3. The monoisotopic (exact) mass is 329 g/mol. The van der Waals surface area contributed by atoms with Gasteiger partial charge in [-0.25, -0.2) is 0 Å². The quantitative estimate of drug-likeness (QED) is 0.683. The van der Waals surface area contributed by atoms with Crippen LogP contribution in [0.2, 0.25) is 0 Å². The summed E-state index contributed by atoms with van der Waals surface area (Å²) in [6.45, 7) is 2.01. The fourth-order valence-electron chi connectivity index (χ4n) is 3.14. The van der Waals surface area contributed by atoms with Gasteiger partial charge in [0, 0.05) is 5.56 Å². The number of carbonyl (C=O) groups is 1. The highest BCUT2D eigenvalue weighted by Gasteiger charge is 2.35. The summed E-state index contributed by atoms with van der Waals surface area (Å²) < 4.78 is 0. The van der Waals surface area contributed by atoms with E-state index in [0.29, 0.717) is 18.4 Å². The Morgan fingerprint density at radius 2 is 1.20 bits per heavy atom. The second-order valence-corrected chi connectivity index (χ2v) is 6.68. The number of hydrogen-bond donors (Lipinski definition) is 1. The van der Waals surface area contributed by atoms with Gasteiger partial charge < -0.3 is 5.73 Å². The number of carbonyl (C=O) groups excluding carboxylic acids is 1. The second kappa shape index (κ2) is 7.45. The van der Waals surface area contributed by atoms with E-state index in [0.717, 1.165) is 16.7 Å². The summed E-state index contributed by atoms with van der Waals surface area (Å²) in [5.41, 5.74) is 9.69. The van der Waals surface area contributed by atoms with E-state index in [9.17, 15) is 4.79 Å². The van der Waals surface area contributed by atoms with Crippen molar-refractivity contribution >= 4 is 5.78 Å². The Bertz CT molecular complexity index is 781. The maximum atomic E-state index is 13.3. The first-order valence-electron chi connectivity index (χ1n) is 8.55. The molecule has 0 radical (unpaired) electrons. The number of ketones is 1. The number of rotatable bonds is 6. The summed E-state index contributed by atoms with van der Waals surface area (Å²) in [5.74, 6) is -0.0137. The topological polar surface area (TPSA) is 43.1 Å². The molecule has 0 aliphatic rings. The number of Topliss-reactive ketones (excluding diaryl/α,β-unsaturated/α-hetero) is 1. The van der Waals surface area contributed by atoms with Gasteiger partial charge in [-0.15, -0.1) is 0 Å². The lowest BCUT2D eigenvalue weighted by Crippen LogP contribution is -2.52. The van der Waals surface area contributed by atoms with Gasteiger partial charge in [-0.1, -0.05) is 90.5 Å². The largest absolute Gasteiger partial charge is 0.318 e. The predicted molar refractivity (Wildman–Crippen MR) is 103 cm³/mol. The van der Waals surface area contributed by atoms with Crippen LogP contribution < -0.4 is 5.73 Å². The molecule has 3 aromatic rings. The highest BCUT2D eigenvalue weighted by Crippen LogP contribution is 2.22. The molecule has 0 aliphatic carbocycles. The first-order chi connectivity index (χ1) is 12.1. The summed E-state index contributed by atoms with van der Waals surface area (Å²) >= 11 is 0. The Hall–Kier alpha value is -2.71. The number of nitrogens with two attached hydrogens (primary N) is 1. The van der Waals surface area contributed by atoms with Crippen molar-refractivity contribution in [2.75, 3.05) is 0 Å². The van der Waals surface area contributed by atoms with Crippen molar-refractivity contribution in [1.82, 2.24) is 0 Å². The lowest BCUT2D eigenvalue weighted by Gasteiger charge is -2.29. The van der Waals surface area contributed by atoms with Crippen molar-refractivity contribution in [2.24, 2.45) is 5.73 Å². The minimum atomic E-state index is -0.974. The van der Waals surface area contributed by atoms with E-state index < -0.39 is 5.54 Å². The molecular formula is C23H23NO. The zero-order valence-corrected chi connectivity index (χ0v) is 14.5. The Morgan fingerprint density at radius 1 is 0.760 bits per heavy atom. The van der Waals surface area contributed by atoms with Gasteiger partial charge >= 0.3 is 0 Å². The molecule has 3 rings (SSSR count). The molecule has 0 saturated carbocycles. The maximum Gasteiger partial charge on any atom is 0.183 e. The van der Waals surface area contributed by atoms with Crippen LogP contribution in [0.3, 0.4) is 0 Å². The number of hydrogen-bond acceptors (Lipinski definition) is 2. The SMILES string of the molecule is Cc1ccc(C(=O)C(N)(Cc2ccccc2)Cc2ccccc2)cc1. The van der Waals surface area contributed by atoms with Crippen LogP contribution in [0.5, 0.6) is 0 Å². The predicted octanol–water partition coefficient (Wildman–Crippen LogP) is 4.36. The van der Waals surface area contributed by atoms with Gasteiger partial charge in [0.25, 0.3) is 0 Å². The van der Waals surface area contributed by atoms with Crippen molar-refractivity contribution < 1.29 is 4.79 Å². The van der Waals surface area contributed by atoms with E-state index in [-0.39, 0.29) is 5.78 Å². The van der Waals surface area contributed by atoms with Gasteiger partial charge in [-0.05, 0) is 30.9 Å². The van der Waals surface area contributed by atoms with Crippen molar-refractivity contribution in [1.29, 1.82) is 0 Å². The van der Waals surface area contributed by atoms with Crippen molar-refractivity contribution in [3.8, 4) is 0 Å². The molecule has 0 bridgehead atoms. The Balaban J connectivity index is 1.95. The molecule has 0 saturated heterocycles. The molecule has 0 aliphatic heterocycles. The van der Waals surface area contributed by atoms with E-state index in [1.807, 2.05) is 91.9 Å². The average molecular weight is 329 g/mol. The summed E-state index contributed by atoms with van der Waals surface area (Å²) in [7, 11) is 0. The van der Waals surface area contributed by atoms with Crippen LogP contribution in [0, 0.1) is 6.92 Å². The molecule has 0 amide bonds. The minimum absolute atomic E-state index is 0.0137. The van der Waals surface area contributed by atoms with Crippen LogP contribution >= 0.6 is 0 Å². The third-order valence-corrected chi connectivity index (χ3v) is 4.49.